The first kappa shape index (κ1) is 16.8. The van der Waals surface area contributed by atoms with Crippen LogP contribution >= 0.6 is 0 Å². The molecule has 2 heterocycles. The first-order chi connectivity index (χ1) is 11.5. The minimum Gasteiger partial charge on any atom is -0.361 e. The number of hydrogen-bond donors (Lipinski definition) is 0. The number of hydrogen-bond acceptors (Lipinski definition) is 5. The van der Waals surface area contributed by atoms with Crippen LogP contribution in [-0.2, 0) is 6.42 Å². The molecule has 3 rings (SSSR count). The van der Waals surface area contributed by atoms with Crippen LogP contribution < -0.4 is 0 Å². The van der Waals surface area contributed by atoms with Gasteiger partial charge < -0.3 is 19.6 Å². The third-order valence-electron chi connectivity index (χ3n) is 4.75. The van der Waals surface area contributed by atoms with Crippen molar-refractivity contribution in [1.29, 1.82) is 0 Å². The lowest BCUT2D eigenvalue weighted by atomic mass is 10.1. The molecule has 5 heteroatoms. The fourth-order valence-corrected chi connectivity index (χ4v) is 3.23. The fraction of sp³-hybridized carbons (Fsp3) is 0.526. The van der Waals surface area contributed by atoms with E-state index in [9.17, 15) is 0 Å². The van der Waals surface area contributed by atoms with Crippen LogP contribution in [0.1, 0.15) is 11.1 Å². The van der Waals surface area contributed by atoms with Gasteiger partial charge in [0.2, 0.25) is 0 Å². The van der Waals surface area contributed by atoms with Crippen LogP contribution in [-0.4, -0.2) is 79.5 Å². The second kappa shape index (κ2) is 7.26. The zero-order valence-corrected chi connectivity index (χ0v) is 15.4. The summed E-state index contributed by atoms with van der Waals surface area (Å²) in [7, 11) is 6.43. The first-order valence-electron chi connectivity index (χ1n) is 8.70. The van der Waals surface area contributed by atoms with Crippen LogP contribution in [0.15, 0.2) is 41.2 Å². The van der Waals surface area contributed by atoms with Crippen molar-refractivity contribution in [2.24, 2.45) is 4.99 Å². The number of likely N-dealkylation sites (N-methyl/N-ethyl adjacent to an activating group) is 2. The quantitative estimate of drug-likeness (QED) is 0.796. The Balaban J connectivity index is 1.47. The predicted octanol–water partition coefficient (Wildman–Crippen LogP) is 1.82. The molecule has 0 saturated carbocycles. The molecule has 24 heavy (non-hydrogen) atoms. The van der Waals surface area contributed by atoms with E-state index in [-0.39, 0.29) is 0 Å². The third-order valence-corrected chi connectivity index (χ3v) is 4.75. The first-order valence-corrected chi connectivity index (χ1v) is 8.70. The van der Waals surface area contributed by atoms with Crippen LogP contribution in [0.5, 0.6) is 0 Å². The van der Waals surface area contributed by atoms with Crippen molar-refractivity contribution >= 4 is 5.84 Å². The molecule has 0 aromatic heterocycles. The Morgan fingerprint density at radius 1 is 1.12 bits per heavy atom. The molecule has 0 bridgehead atoms. The topological polar surface area (TPSA) is 25.3 Å². The predicted molar refractivity (Wildman–Crippen MR) is 99.9 cm³/mol. The van der Waals surface area contributed by atoms with Crippen LogP contribution in [0, 0.1) is 6.92 Å². The van der Waals surface area contributed by atoms with Gasteiger partial charge in [-0.05, 0) is 26.0 Å². The minimum absolute atomic E-state index is 0.783. The monoisotopic (exact) mass is 327 g/mol. The van der Waals surface area contributed by atoms with Gasteiger partial charge >= 0.3 is 0 Å². The summed E-state index contributed by atoms with van der Waals surface area (Å²) in [6.45, 7) is 6.99. The summed E-state index contributed by atoms with van der Waals surface area (Å²) in [5.41, 5.74) is 4.00. The molecule has 0 saturated heterocycles. The molecule has 2 aliphatic heterocycles. The average Bonchev–Trinajstić information content (AvgIpc) is 2.95. The molecule has 0 atom stereocenters. The van der Waals surface area contributed by atoms with Gasteiger partial charge in [-0.1, -0.05) is 29.8 Å². The van der Waals surface area contributed by atoms with Gasteiger partial charge in [-0.2, -0.15) is 0 Å². The number of benzene rings is 1. The summed E-state index contributed by atoms with van der Waals surface area (Å²) in [6.07, 6.45) is 3.32. The zero-order chi connectivity index (χ0) is 17.1. The lowest BCUT2D eigenvalue weighted by Crippen LogP contribution is -2.43. The Morgan fingerprint density at radius 3 is 2.62 bits per heavy atom. The normalized spacial score (nSPS) is 17.3. The Labute approximate surface area is 145 Å². The van der Waals surface area contributed by atoms with Gasteiger partial charge in [-0.15, -0.1) is 0 Å². The molecule has 2 aliphatic rings. The fourth-order valence-electron chi connectivity index (χ4n) is 3.23. The van der Waals surface area contributed by atoms with E-state index in [2.05, 4.69) is 83.1 Å². The molecule has 0 amide bonds. The van der Waals surface area contributed by atoms with E-state index < -0.39 is 0 Å². The molecular weight excluding hydrogens is 298 g/mol. The van der Waals surface area contributed by atoms with Crippen molar-refractivity contribution in [3.63, 3.8) is 0 Å². The van der Waals surface area contributed by atoms with Gasteiger partial charge in [0.05, 0.1) is 12.4 Å². The molecule has 0 aliphatic carbocycles. The highest BCUT2D eigenvalue weighted by Gasteiger charge is 2.28. The molecule has 0 N–H and O–H groups in total. The second-order valence-electron chi connectivity index (χ2n) is 7.04. The van der Waals surface area contributed by atoms with E-state index in [0.717, 1.165) is 45.2 Å². The highest BCUT2D eigenvalue weighted by atomic mass is 15.4. The van der Waals surface area contributed by atoms with Gasteiger partial charge in [0.25, 0.3) is 0 Å². The second-order valence-corrected chi connectivity index (χ2v) is 7.04. The van der Waals surface area contributed by atoms with E-state index in [4.69, 9.17) is 0 Å². The molecule has 5 nitrogen and oxygen atoms in total. The molecule has 0 radical (unpaired) electrons. The SMILES string of the molecule is Cc1ccc(CCN(C)CCN2CN=C3C2=CN(C)CN3C)cc1. The number of amidine groups is 1. The number of nitrogens with zero attached hydrogens (tertiary/aromatic N) is 5. The van der Waals surface area contributed by atoms with Crippen molar-refractivity contribution in [3.05, 3.63) is 47.3 Å². The van der Waals surface area contributed by atoms with Crippen LogP contribution in [0.4, 0.5) is 0 Å². The minimum atomic E-state index is 0.783. The average molecular weight is 327 g/mol. The molecule has 0 spiro atoms. The van der Waals surface area contributed by atoms with Gasteiger partial charge in [-0.3, -0.25) is 0 Å². The summed E-state index contributed by atoms with van der Waals surface area (Å²) in [5.74, 6) is 1.13. The van der Waals surface area contributed by atoms with E-state index in [1.807, 2.05) is 0 Å². The Kier molecular flexibility index (Phi) is 5.09. The molecule has 0 fully saturated rings. The standard InChI is InChI=1S/C19H29N5/c1-16-5-7-17(8-6-16)9-10-21(2)11-12-24-14-20-19-18(24)13-22(3)15-23(19)4/h5-8,13H,9-12,14-15H2,1-4H3. The molecule has 1 aromatic rings. The summed E-state index contributed by atoms with van der Waals surface area (Å²) < 4.78 is 0. The molecule has 0 unspecified atom stereocenters. The van der Waals surface area contributed by atoms with Crippen LogP contribution in [0.3, 0.4) is 0 Å². The summed E-state index contributed by atoms with van der Waals surface area (Å²) in [5, 5.41) is 0. The highest BCUT2D eigenvalue weighted by molar-refractivity contribution is 5.99. The van der Waals surface area contributed by atoms with Gasteiger partial charge in [0, 0.05) is 39.9 Å². The highest BCUT2D eigenvalue weighted by Crippen LogP contribution is 2.20. The van der Waals surface area contributed by atoms with E-state index in [0.29, 0.717) is 0 Å². The molecular formula is C19H29N5. The maximum Gasteiger partial charge on any atom is 0.152 e. The van der Waals surface area contributed by atoms with Crippen LogP contribution in [0.25, 0.3) is 0 Å². The number of rotatable bonds is 6. The van der Waals surface area contributed by atoms with E-state index in [1.54, 1.807) is 0 Å². The van der Waals surface area contributed by atoms with E-state index in [1.165, 1.54) is 16.8 Å². The number of aliphatic imine (C=N–C) groups is 1. The molecule has 1 aromatic carbocycles. The van der Waals surface area contributed by atoms with Crippen molar-refractivity contribution in [1.82, 2.24) is 19.6 Å². The van der Waals surface area contributed by atoms with Gasteiger partial charge in [0.1, 0.15) is 6.67 Å². The van der Waals surface area contributed by atoms with Crippen LogP contribution in [0.2, 0.25) is 0 Å². The zero-order valence-electron chi connectivity index (χ0n) is 15.4. The number of aryl methyl sites for hydroxylation is 1. The van der Waals surface area contributed by atoms with Crippen molar-refractivity contribution in [3.8, 4) is 0 Å². The third kappa shape index (κ3) is 3.90. The molecule has 130 valence electrons. The largest absolute Gasteiger partial charge is 0.361 e. The smallest absolute Gasteiger partial charge is 0.152 e. The number of fused-ring (bicyclic) bond motifs is 1. The lowest BCUT2D eigenvalue weighted by Gasteiger charge is -2.33. The Hall–Kier alpha value is -2.01. The maximum atomic E-state index is 4.69. The van der Waals surface area contributed by atoms with Gasteiger partial charge in [-0.25, -0.2) is 4.99 Å². The maximum absolute atomic E-state index is 4.69. The van der Waals surface area contributed by atoms with Gasteiger partial charge in [0.15, 0.2) is 5.84 Å². The van der Waals surface area contributed by atoms with Crippen molar-refractivity contribution in [2.45, 2.75) is 13.3 Å². The lowest BCUT2D eigenvalue weighted by molar-refractivity contribution is 0.261. The summed E-state index contributed by atoms with van der Waals surface area (Å²) in [6, 6.07) is 8.87. The van der Waals surface area contributed by atoms with E-state index >= 15 is 0 Å². The Bertz CT molecular complexity index is 619. The van der Waals surface area contributed by atoms with Crippen molar-refractivity contribution < 1.29 is 0 Å². The Morgan fingerprint density at radius 2 is 1.88 bits per heavy atom. The summed E-state index contributed by atoms with van der Waals surface area (Å²) in [4.78, 5) is 13.9. The van der Waals surface area contributed by atoms with Crippen molar-refractivity contribution in [2.75, 3.05) is 54.1 Å². The summed E-state index contributed by atoms with van der Waals surface area (Å²) >= 11 is 0.